The third kappa shape index (κ3) is 4.41. The van der Waals surface area contributed by atoms with Crippen molar-refractivity contribution < 1.29 is 18.0 Å². The first-order chi connectivity index (χ1) is 12.3. The molecule has 9 heteroatoms. The Labute approximate surface area is 155 Å². The lowest BCUT2D eigenvalue weighted by atomic mass is 10.2. The number of benzene rings is 1. The van der Waals surface area contributed by atoms with E-state index in [1.54, 1.807) is 11.3 Å². The molecule has 3 rings (SSSR count). The van der Waals surface area contributed by atoms with Crippen molar-refractivity contribution in [2.24, 2.45) is 0 Å². The minimum Gasteiger partial charge on any atom is -0.333 e. The Morgan fingerprint density at radius 1 is 1.23 bits per heavy atom. The van der Waals surface area contributed by atoms with E-state index in [1.807, 2.05) is 24.4 Å². The molecule has 0 aliphatic carbocycles. The lowest BCUT2D eigenvalue weighted by Gasteiger charge is -2.10. The van der Waals surface area contributed by atoms with Crippen molar-refractivity contribution in [1.82, 2.24) is 10.3 Å². The van der Waals surface area contributed by atoms with Gasteiger partial charge in [0.2, 0.25) is 0 Å². The zero-order valence-corrected chi connectivity index (χ0v) is 15.2. The van der Waals surface area contributed by atoms with E-state index in [2.05, 4.69) is 15.6 Å². The van der Waals surface area contributed by atoms with Crippen LogP contribution in [0.2, 0.25) is 0 Å². The number of urea groups is 1. The van der Waals surface area contributed by atoms with Gasteiger partial charge in [-0.1, -0.05) is 12.1 Å². The summed E-state index contributed by atoms with van der Waals surface area (Å²) in [5.74, 6) is 0. The van der Waals surface area contributed by atoms with Crippen LogP contribution in [0.25, 0.3) is 9.88 Å². The number of carbonyl (C=O) groups is 1. The third-order valence-corrected chi connectivity index (χ3v) is 5.68. The third-order valence-electron chi connectivity index (χ3n) is 3.48. The fourth-order valence-electron chi connectivity index (χ4n) is 2.21. The van der Waals surface area contributed by atoms with Gasteiger partial charge in [-0.3, -0.25) is 0 Å². The molecule has 0 aliphatic heterocycles. The predicted molar refractivity (Wildman–Crippen MR) is 97.5 cm³/mol. The van der Waals surface area contributed by atoms with Gasteiger partial charge in [-0.15, -0.1) is 22.7 Å². The standard InChI is InChI=1S/C17H14F3N3OS2/c1-10-14(26-15(22-10)13-6-3-7-25-13)9-21-16(24)23-12-5-2-4-11(8-12)17(18,19)20/h2-8H,9H2,1H3,(H2,21,23,24). The molecule has 2 N–H and O–H groups in total. The number of thiazole rings is 1. The van der Waals surface area contributed by atoms with Crippen molar-refractivity contribution in [2.45, 2.75) is 19.6 Å². The summed E-state index contributed by atoms with van der Waals surface area (Å²) in [5, 5.41) is 7.91. The summed E-state index contributed by atoms with van der Waals surface area (Å²) in [6.45, 7) is 2.11. The number of aromatic nitrogens is 1. The second-order valence-electron chi connectivity index (χ2n) is 5.39. The molecule has 0 saturated heterocycles. The van der Waals surface area contributed by atoms with E-state index in [1.165, 1.54) is 23.5 Å². The molecular formula is C17H14F3N3OS2. The number of nitrogens with zero attached hydrogens (tertiary/aromatic N) is 1. The largest absolute Gasteiger partial charge is 0.416 e. The van der Waals surface area contributed by atoms with E-state index in [9.17, 15) is 18.0 Å². The monoisotopic (exact) mass is 397 g/mol. The molecule has 26 heavy (non-hydrogen) atoms. The first-order valence-electron chi connectivity index (χ1n) is 7.55. The summed E-state index contributed by atoms with van der Waals surface area (Å²) in [7, 11) is 0. The molecule has 136 valence electrons. The van der Waals surface area contributed by atoms with E-state index in [4.69, 9.17) is 0 Å². The number of amides is 2. The Morgan fingerprint density at radius 3 is 2.73 bits per heavy atom. The van der Waals surface area contributed by atoms with Crippen molar-refractivity contribution in [2.75, 3.05) is 5.32 Å². The van der Waals surface area contributed by atoms with Crippen LogP contribution in [0, 0.1) is 6.92 Å². The average Bonchev–Trinajstić information content (AvgIpc) is 3.22. The van der Waals surface area contributed by atoms with E-state index in [0.29, 0.717) is 0 Å². The van der Waals surface area contributed by atoms with Crippen molar-refractivity contribution in [1.29, 1.82) is 0 Å². The fourth-order valence-corrected chi connectivity index (χ4v) is 4.01. The van der Waals surface area contributed by atoms with Gasteiger partial charge in [0.05, 0.1) is 22.7 Å². The molecule has 0 spiro atoms. The van der Waals surface area contributed by atoms with Crippen molar-refractivity contribution in [3.05, 3.63) is 57.9 Å². The zero-order valence-electron chi connectivity index (χ0n) is 13.6. The molecule has 0 saturated carbocycles. The number of rotatable bonds is 4. The first-order valence-corrected chi connectivity index (χ1v) is 9.25. The van der Waals surface area contributed by atoms with Gasteiger partial charge >= 0.3 is 12.2 Å². The van der Waals surface area contributed by atoms with E-state index >= 15 is 0 Å². The lowest BCUT2D eigenvalue weighted by molar-refractivity contribution is -0.137. The Bertz CT molecular complexity index is 904. The van der Waals surface area contributed by atoms with Crippen LogP contribution < -0.4 is 10.6 Å². The van der Waals surface area contributed by atoms with Crippen LogP contribution in [-0.2, 0) is 12.7 Å². The van der Waals surface area contributed by atoms with Gasteiger partial charge in [0.15, 0.2) is 0 Å². The van der Waals surface area contributed by atoms with Crippen LogP contribution in [0.1, 0.15) is 16.1 Å². The van der Waals surface area contributed by atoms with Crippen molar-refractivity contribution >= 4 is 34.4 Å². The molecular weight excluding hydrogens is 383 g/mol. The fraction of sp³-hybridized carbons (Fsp3) is 0.176. The lowest BCUT2D eigenvalue weighted by Crippen LogP contribution is -2.28. The maximum atomic E-state index is 12.7. The van der Waals surface area contributed by atoms with Crippen LogP contribution in [0.5, 0.6) is 0 Å². The van der Waals surface area contributed by atoms with E-state index in [-0.39, 0.29) is 12.2 Å². The minimum absolute atomic E-state index is 0.0811. The molecule has 0 unspecified atom stereocenters. The summed E-state index contributed by atoms with van der Waals surface area (Å²) < 4.78 is 38.1. The zero-order chi connectivity index (χ0) is 18.7. The smallest absolute Gasteiger partial charge is 0.333 e. The summed E-state index contributed by atoms with van der Waals surface area (Å²) in [6, 6.07) is 7.84. The Balaban J connectivity index is 1.61. The van der Waals surface area contributed by atoms with Crippen LogP contribution in [-0.4, -0.2) is 11.0 Å². The van der Waals surface area contributed by atoms with E-state index < -0.39 is 17.8 Å². The number of hydrogen-bond donors (Lipinski definition) is 2. The second kappa shape index (κ2) is 7.46. The number of halogens is 3. The molecule has 0 fully saturated rings. The van der Waals surface area contributed by atoms with Gasteiger partial charge in [-0.2, -0.15) is 13.2 Å². The van der Waals surface area contributed by atoms with Gasteiger partial charge in [-0.05, 0) is 36.6 Å². The van der Waals surface area contributed by atoms with Crippen molar-refractivity contribution in [3.8, 4) is 9.88 Å². The van der Waals surface area contributed by atoms with Crippen LogP contribution in [0.15, 0.2) is 41.8 Å². The maximum Gasteiger partial charge on any atom is 0.416 e. The molecule has 1 aromatic carbocycles. The van der Waals surface area contributed by atoms with Gasteiger partial charge < -0.3 is 10.6 Å². The Morgan fingerprint density at radius 2 is 2.04 bits per heavy atom. The highest BCUT2D eigenvalue weighted by molar-refractivity contribution is 7.21. The number of nitrogens with one attached hydrogen (secondary N) is 2. The molecule has 0 atom stereocenters. The number of aryl methyl sites for hydroxylation is 1. The van der Waals surface area contributed by atoms with Crippen LogP contribution in [0.4, 0.5) is 23.7 Å². The first kappa shape index (κ1) is 18.4. The topological polar surface area (TPSA) is 54.0 Å². The molecule has 2 heterocycles. The second-order valence-corrected chi connectivity index (χ2v) is 7.42. The highest BCUT2D eigenvalue weighted by atomic mass is 32.1. The van der Waals surface area contributed by atoms with Crippen molar-refractivity contribution in [3.63, 3.8) is 0 Å². The molecule has 0 aliphatic rings. The molecule has 2 aromatic heterocycles. The van der Waals surface area contributed by atoms with Gasteiger partial charge in [-0.25, -0.2) is 9.78 Å². The predicted octanol–water partition coefficient (Wildman–Crippen LogP) is 5.52. The minimum atomic E-state index is -4.45. The normalized spacial score (nSPS) is 11.4. The summed E-state index contributed by atoms with van der Waals surface area (Å²) in [6.07, 6.45) is -4.45. The quantitative estimate of drug-likeness (QED) is 0.609. The van der Waals surface area contributed by atoms with Crippen LogP contribution in [0.3, 0.4) is 0 Å². The maximum absolute atomic E-state index is 12.7. The Hall–Kier alpha value is -2.39. The van der Waals surface area contributed by atoms with Gasteiger partial charge in [0.1, 0.15) is 5.01 Å². The van der Waals surface area contributed by atoms with Crippen LogP contribution >= 0.6 is 22.7 Å². The number of alkyl halides is 3. The average molecular weight is 397 g/mol. The number of anilines is 1. The highest BCUT2D eigenvalue weighted by Crippen LogP contribution is 2.31. The summed E-state index contributed by atoms with van der Waals surface area (Å²) in [5.41, 5.74) is 0.0876. The molecule has 3 aromatic rings. The number of thiophene rings is 1. The molecule has 2 amide bonds. The molecule has 0 bridgehead atoms. The summed E-state index contributed by atoms with van der Waals surface area (Å²) >= 11 is 3.06. The summed E-state index contributed by atoms with van der Waals surface area (Å²) in [4.78, 5) is 18.4. The molecule has 0 radical (unpaired) electrons. The molecule has 4 nitrogen and oxygen atoms in total. The Kier molecular flexibility index (Phi) is 5.28. The van der Waals surface area contributed by atoms with E-state index in [0.717, 1.165) is 32.6 Å². The van der Waals surface area contributed by atoms with Gasteiger partial charge in [0, 0.05) is 10.6 Å². The highest BCUT2D eigenvalue weighted by Gasteiger charge is 2.30. The number of hydrogen-bond acceptors (Lipinski definition) is 4. The SMILES string of the molecule is Cc1nc(-c2cccs2)sc1CNC(=O)Nc1cccc(C(F)(F)F)c1. The number of carbonyl (C=O) groups excluding carboxylic acids is 1. The van der Waals surface area contributed by atoms with Gasteiger partial charge in [0.25, 0.3) is 0 Å².